The molecule has 2 N–H and O–H groups in total. The van der Waals surface area contributed by atoms with Crippen LogP contribution in [0.25, 0.3) is 0 Å². The zero-order valence-electron chi connectivity index (χ0n) is 14.3. The molecule has 1 saturated heterocycles. The molecular weight excluding hydrogens is 307 g/mol. The molecule has 132 valence electrons. The monoisotopic (exact) mass is 334 g/mol. The molecule has 0 unspecified atom stereocenters. The number of hydrogen-bond donors (Lipinski definition) is 2. The molecule has 1 aromatic carbocycles. The Kier molecular flexibility index (Phi) is 5.23. The van der Waals surface area contributed by atoms with Gasteiger partial charge in [-0.3, -0.25) is 4.99 Å². The lowest BCUT2D eigenvalue weighted by atomic mass is 9.80. The van der Waals surface area contributed by atoms with Gasteiger partial charge in [-0.25, -0.2) is 4.39 Å². The topological polar surface area (TPSA) is 51.1 Å². The van der Waals surface area contributed by atoms with Gasteiger partial charge in [0.25, 0.3) is 0 Å². The van der Waals surface area contributed by atoms with Gasteiger partial charge in [0, 0.05) is 38.4 Å². The van der Waals surface area contributed by atoms with Crippen molar-refractivity contribution < 1.29 is 9.50 Å². The molecule has 2 fully saturated rings. The largest absolute Gasteiger partial charge is 0.388 e. The second-order valence-electron chi connectivity index (χ2n) is 6.70. The van der Waals surface area contributed by atoms with Crippen LogP contribution < -0.4 is 10.2 Å². The van der Waals surface area contributed by atoms with Gasteiger partial charge in [0.2, 0.25) is 0 Å². The van der Waals surface area contributed by atoms with Crippen LogP contribution in [0.5, 0.6) is 0 Å². The Morgan fingerprint density at radius 3 is 2.42 bits per heavy atom. The van der Waals surface area contributed by atoms with Crippen LogP contribution in [0.3, 0.4) is 0 Å². The van der Waals surface area contributed by atoms with Crippen LogP contribution in [0.4, 0.5) is 10.1 Å². The molecular formula is C18H27FN4O. The Hall–Kier alpha value is -1.82. The van der Waals surface area contributed by atoms with Gasteiger partial charge in [-0.05, 0) is 50.5 Å². The van der Waals surface area contributed by atoms with Crippen LogP contribution in [0.2, 0.25) is 0 Å². The molecule has 1 heterocycles. The van der Waals surface area contributed by atoms with E-state index < -0.39 is 5.60 Å². The lowest BCUT2D eigenvalue weighted by Crippen LogP contribution is -2.53. The average molecular weight is 334 g/mol. The van der Waals surface area contributed by atoms with Crippen molar-refractivity contribution in [2.24, 2.45) is 4.99 Å². The van der Waals surface area contributed by atoms with Gasteiger partial charge in [-0.1, -0.05) is 0 Å². The van der Waals surface area contributed by atoms with Crippen LogP contribution >= 0.6 is 0 Å². The van der Waals surface area contributed by atoms with Crippen molar-refractivity contribution in [3.63, 3.8) is 0 Å². The summed E-state index contributed by atoms with van der Waals surface area (Å²) in [5, 5.41) is 13.6. The summed E-state index contributed by atoms with van der Waals surface area (Å²) >= 11 is 0. The molecule has 0 amide bonds. The number of nitrogens with zero attached hydrogens (tertiary/aromatic N) is 3. The zero-order valence-corrected chi connectivity index (χ0v) is 14.3. The summed E-state index contributed by atoms with van der Waals surface area (Å²) in [4.78, 5) is 9.16. The number of benzene rings is 1. The first-order valence-electron chi connectivity index (χ1n) is 8.86. The molecule has 5 nitrogen and oxygen atoms in total. The van der Waals surface area contributed by atoms with Crippen LogP contribution in [0.1, 0.15) is 26.2 Å². The van der Waals surface area contributed by atoms with Gasteiger partial charge in [0.15, 0.2) is 5.96 Å². The number of halogens is 1. The van der Waals surface area contributed by atoms with E-state index >= 15 is 0 Å². The van der Waals surface area contributed by atoms with Crippen molar-refractivity contribution in [3.8, 4) is 0 Å². The summed E-state index contributed by atoms with van der Waals surface area (Å²) in [6.45, 7) is 6.83. The number of nitrogens with one attached hydrogen (secondary N) is 1. The van der Waals surface area contributed by atoms with Crippen molar-refractivity contribution >= 4 is 11.6 Å². The Morgan fingerprint density at radius 2 is 1.88 bits per heavy atom. The van der Waals surface area contributed by atoms with Crippen molar-refractivity contribution in [1.82, 2.24) is 10.2 Å². The van der Waals surface area contributed by atoms with Gasteiger partial charge in [0.1, 0.15) is 5.82 Å². The summed E-state index contributed by atoms with van der Waals surface area (Å²) < 4.78 is 13.1. The number of aliphatic imine (C=N–C) groups is 1. The number of hydrogen-bond acceptors (Lipinski definition) is 3. The van der Waals surface area contributed by atoms with E-state index in [4.69, 9.17) is 0 Å². The maximum absolute atomic E-state index is 13.1. The molecule has 1 aliphatic carbocycles. The maximum atomic E-state index is 13.1. The van der Waals surface area contributed by atoms with Crippen LogP contribution in [0, 0.1) is 5.82 Å². The fraction of sp³-hybridized carbons (Fsp3) is 0.611. The molecule has 24 heavy (non-hydrogen) atoms. The van der Waals surface area contributed by atoms with Gasteiger partial charge in [-0.2, -0.15) is 0 Å². The van der Waals surface area contributed by atoms with Crippen LogP contribution in [-0.2, 0) is 0 Å². The highest BCUT2D eigenvalue weighted by Crippen LogP contribution is 2.31. The Labute approximate surface area is 143 Å². The quantitative estimate of drug-likeness (QED) is 0.652. The number of rotatable bonds is 4. The molecule has 6 heteroatoms. The lowest BCUT2D eigenvalue weighted by Gasteiger charge is -2.39. The molecule has 0 atom stereocenters. The molecule has 1 aliphatic heterocycles. The predicted octanol–water partition coefficient (Wildman–Crippen LogP) is 1.83. The van der Waals surface area contributed by atoms with E-state index in [0.717, 1.165) is 63.6 Å². The predicted molar refractivity (Wildman–Crippen MR) is 95.0 cm³/mol. The highest BCUT2D eigenvalue weighted by atomic mass is 19.1. The summed E-state index contributed by atoms with van der Waals surface area (Å²) in [7, 11) is 0. The first-order chi connectivity index (χ1) is 11.6. The normalized spacial score (nSPS) is 20.7. The smallest absolute Gasteiger partial charge is 0.194 e. The van der Waals surface area contributed by atoms with Crippen molar-refractivity contribution in [2.45, 2.75) is 31.8 Å². The second-order valence-corrected chi connectivity index (χ2v) is 6.70. The van der Waals surface area contributed by atoms with E-state index in [9.17, 15) is 9.50 Å². The number of guanidine groups is 1. The molecule has 0 aromatic heterocycles. The van der Waals surface area contributed by atoms with Gasteiger partial charge >= 0.3 is 0 Å². The van der Waals surface area contributed by atoms with Gasteiger partial charge < -0.3 is 20.2 Å². The fourth-order valence-corrected chi connectivity index (χ4v) is 3.22. The van der Waals surface area contributed by atoms with E-state index in [1.807, 2.05) is 12.1 Å². The Bertz CT molecular complexity index is 563. The molecule has 0 radical (unpaired) electrons. The van der Waals surface area contributed by atoms with Gasteiger partial charge in [-0.15, -0.1) is 0 Å². The third kappa shape index (κ3) is 3.98. The summed E-state index contributed by atoms with van der Waals surface area (Å²) in [5.41, 5.74) is 0.470. The van der Waals surface area contributed by atoms with Crippen LogP contribution in [-0.4, -0.2) is 60.8 Å². The second kappa shape index (κ2) is 7.38. The average Bonchev–Trinajstić information content (AvgIpc) is 2.58. The summed E-state index contributed by atoms with van der Waals surface area (Å²) in [5.74, 6) is 0.685. The zero-order chi connectivity index (χ0) is 17.0. The molecule has 0 spiro atoms. The van der Waals surface area contributed by atoms with Crippen molar-refractivity contribution in [1.29, 1.82) is 0 Å². The highest BCUT2D eigenvalue weighted by Gasteiger charge is 2.34. The molecule has 1 saturated carbocycles. The van der Waals surface area contributed by atoms with E-state index in [2.05, 4.69) is 27.0 Å². The third-order valence-corrected chi connectivity index (χ3v) is 4.91. The minimum Gasteiger partial charge on any atom is -0.388 e. The van der Waals surface area contributed by atoms with E-state index in [1.165, 1.54) is 12.1 Å². The molecule has 1 aromatic rings. The lowest BCUT2D eigenvalue weighted by molar-refractivity contribution is -0.0237. The van der Waals surface area contributed by atoms with Crippen molar-refractivity contribution in [3.05, 3.63) is 30.1 Å². The first kappa shape index (κ1) is 17.0. The highest BCUT2D eigenvalue weighted by molar-refractivity contribution is 5.80. The molecule has 2 aliphatic rings. The SMILES string of the molecule is CCNC(=NCC1(O)CCC1)N1CCN(c2ccc(F)cc2)CC1. The minimum absolute atomic E-state index is 0.201. The number of piperazine rings is 1. The van der Waals surface area contributed by atoms with E-state index in [-0.39, 0.29) is 5.82 Å². The maximum Gasteiger partial charge on any atom is 0.194 e. The van der Waals surface area contributed by atoms with Gasteiger partial charge in [0.05, 0.1) is 12.1 Å². The fourth-order valence-electron chi connectivity index (χ4n) is 3.22. The minimum atomic E-state index is -0.587. The Balaban J connectivity index is 1.58. The summed E-state index contributed by atoms with van der Waals surface area (Å²) in [6.07, 6.45) is 2.81. The molecule has 0 bridgehead atoms. The number of anilines is 1. The Morgan fingerprint density at radius 1 is 1.21 bits per heavy atom. The van der Waals surface area contributed by atoms with E-state index in [1.54, 1.807) is 0 Å². The van der Waals surface area contributed by atoms with Crippen LogP contribution in [0.15, 0.2) is 29.3 Å². The van der Waals surface area contributed by atoms with Crippen molar-refractivity contribution in [2.75, 3.05) is 44.2 Å². The first-order valence-corrected chi connectivity index (χ1v) is 8.86. The number of aliphatic hydroxyl groups is 1. The third-order valence-electron chi connectivity index (χ3n) is 4.91. The standard InChI is InChI=1S/C18H27FN4O/c1-2-20-17(21-14-18(24)8-3-9-18)23-12-10-22(11-13-23)16-6-4-15(19)5-7-16/h4-7,24H,2-3,8-14H2,1H3,(H,20,21). The summed E-state index contributed by atoms with van der Waals surface area (Å²) in [6, 6.07) is 6.67. The molecule has 3 rings (SSSR count). The van der Waals surface area contributed by atoms with E-state index in [0.29, 0.717) is 6.54 Å².